The van der Waals surface area contributed by atoms with E-state index >= 15 is 0 Å². The Morgan fingerprint density at radius 3 is 2.53 bits per heavy atom. The van der Waals surface area contributed by atoms with Crippen LogP contribution in [0.3, 0.4) is 0 Å². The van der Waals surface area contributed by atoms with Gasteiger partial charge < -0.3 is 15.6 Å². The van der Waals surface area contributed by atoms with Gasteiger partial charge in [0.25, 0.3) is 21.7 Å². The van der Waals surface area contributed by atoms with Crippen LogP contribution in [0.1, 0.15) is 27.0 Å². The molecule has 0 bridgehead atoms. The summed E-state index contributed by atoms with van der Waals surface area (Å²) in [5.41, 5.74) is 5.48. The molecule has 34 heavy (non-hydrogen) atoms. The minimum absolute atomic E-state index is 0.0224. The molecule has 0 unspecified atom stereocenters. The molecule has 2 aromatic heterocycles. The molecule has 0 radical (unpaired) electrons. The molecule has 0 saturated heterocycles. The van der Waals surface area contributed by atoms with Gasteiger partial charge in [0.1, 0.15) is 5.82 Å². The Morgan fingerprint density at radius 2 is 1.91 bits per heavy atom. The molecule has 0 spiro atoms. The molecule has 0 aliphatic carbocycles. The highest BCUT2D eigenvalue weighted by Crippen LogP contribution is 2.26. The molecular formula is C21H22F2N6O4S. The third-order valence-electron chi connectivity index (χ3n) is 4.97. The van der Waals surface area contributed by atoms with Gasteiger partial charge in [-0.2, -0.15) is 8.42 Å². The molecule has 13 heteroatoms. The van der Waals surface area contributed by atoms with Crippen LogP contribution in [0, 0.1) is 25.5 Å². The molecule has 180 valence electrons. The fourth-order valence-corrected chi connectivity index (χ4v) is 3.66. The van der Waals surface area contributed by atoms with Gasteiger partial charge in [0, 0.05) is 30.6 Å². The Kier molecular flexibility index (Phi) is 6.98. The number of aromatic nitrogens is 2. The highest BCUT2D eigenvalue weighted by Gasteiger charge is 2.20. The Morgan fingerprint density at radius 1 is 1.21 bits per heavy atom. The van der Waals surface area contributed by atoms with Crippen molar-refractivity contribution in [1.82, 2.24) is 14.3 Å². The molecule has 3 rings (SSSR count). The van der Waals surface area contributed by atoms with E-state index in [0.717, 1.165) is 24.0 Å². The predicted molar refractivity (Wildman–Crippen MR) is 123 cm³/mol. The lowest BCUT2D eigenvalue weighted by Gasteiger charge is -2.17. The maximum Gasteiger partial charge on any atom is 0.300 e. The number of nitrogens with zero attached hydrogens (tertiary/aromatic N) is 2. The molecule has 0 atom stereocenters. The largest absolute Gasteiger partial charge is 0.365 e. The quantitative estimate of drug-likeness (QED) is 0.378. The SMILES string of the molecule is CNS(=O)(=O)Nc1nccc(Cn2cc(C(N)=O)c(Nc3ccc(C)cc3F)c(C)c2=O)c1F. The molecule has 3 aromatic rings. The number of hydrogen-bond donors (Lipinski definition) is 4. The first kappa shape index (κ1) is 24.8. The van der Waals surface area contributed by atoms with Crippen molar-refractivity contribution in [3.63, 3.8) is 0 Å². The number of halogens is 2. The van der Waals surface area contributed by atoms with Crippen molar-refractivity contribution in [2.75, 3.05) is 17.1 Å². The van der Waals surface area contributed by atoms with Crippen LogP contribution in [0.15, 0.2) is 41.5 Å². The van der Waals surface area contributed by atoms with Gasteiger partial charge >= 0.3 is 0 Å². The molecule has 0 aliphatic rings. The molecule has 2 heterocycles. The average molecular weight is 493 g/mol. The van der Waals surface area contributed by atoms with Crippen LogP contribution >= 0.6 is 0 Å². The maximum atomic E-state index is 14.9. The minimum Gasteiger partial charge on any atom is -0.365 e. The van der Waals surface area contributed by atoms with Gasteiger partial charge in [0.05, 0.1) is 23.5 Å². The second kappa shape index (κ2) is 9.57. The summed E-state index contributed by atoms with van der Waals surface area (Å²) in [6.45, 7) is 2.76. The lowest BCUT2D eigenvalue weighted by molar-refractivity contribution is 0.1000. The van der Waals surface area contributed by atoms with Crippen molar-refractivity contribution >= 4 is 33.3 Å². The normalized spacial score (nSPS) is 11.3. The van der Waals surface area contributed by atoms with Crippen LogP contribution in [0.4, 0.5) is 26.0 Å². The number of carbonyl (C=O) groups excluding carboxylic acids is 1. The van der Waals surface area contributed by atoms with E-state index < -0.39 is 39.1 Å². The summed E-state index contributed by atoms with van der Waals surface area (Å²) >= 11 is 0. The van der Waals surface area contributed by atoms with E-state index in [-0.39, 0.29) is 34.6 Å². The molecule has 0 fully saturated rings. The fraction of sp³-hybridized carbons (Fsp3) is 0.190. The van der Waals surface area contributed by atoms with E-state index in [2.05, 4.69) is 10.3 Å². The van der Waals surface area contributed by atoms with Crippen molar-refractivity contribution < 1.29 is 22.0 Å². The second-order valence-electron chi connectivity index (χ2n) is 7.39. The summed E-state index contributed by atoms with van der Waals surface area (Å²) in [6.07, 6.45) is 2.29. The third-order valence-corrected chi connectivity index (χ3v) is 5.97. The van der Waals surface area contributed by atoms with Gasteiger partial charge in [-0.15, -0.1) is 0 Å². The number of primary amides is 1. The highest BCUT2D eigenvalue weighted by molar-refractivity contribution is 7.90. The van der Waals surface area contributed by atoms with Crippen LogP contribution in [-0.4, -0.2) is 30.9 Å². The summed E-state index contributed by atoms with van der Waals surface area (Å²) < 4.78 is 57.5. The van der Waals surface area contributed by atoms with E-state index in [4.69, 9.17) is 5.73 Å². The van der Waals surface area contributed by atoms with Crippen molar-refractivity contribution in [1.29, 1.82) is 0 Å². The van der Waals surface area contributed by atoms with Crippen molar-refractivity contribution in [2.24, 2.45) is 5.73 Å². The number of pyridine rings is 2. The summed E-state index contributed by atoms with van der Waals surface area (Å²) in [5, 5.41) is 2.75. The van der Waals surface area contributed by atoms with E-state index in [1.807, 2.05) is 9.44 Å². The van der Waals surface area contributed by atoms with Crippen LogP contribution in [-0.2, 0) is 16.8 Å². The molecule has 1 amide bonds. The number of anilines is 3. The zero-order valence-corrected chi connectivity index (χ0v) is 19.3. The Bertz CT molecular complexity index is 1440. The van der Waals surface area contributed by atoms with Crippen molar-refractivity contribution in [3.05, 3.63) is 80.9 Å². The van der Waals surface area contributed by atoms with Gasteiger partial charge in [0.15, 0.2) is 11.6 Å². The number of aryl methyl sites for hydroxylation is 1. The van der Waals surface area contributed by atoms with Crippen molar-refractivity contribution in [2.45, 2.75) is 20.4 Å². The number of rotatable bonds is 8. The van der Waals surface area contributed by atoms with Crippen LogP contribution in [0.2, 0.25) is 0 Å². The molecule has 10 nitrogen and oxygen atoms in total. The Balaban J connectivity index is 2.05. The Hall–Kier alpha value is -3.84. The Labute approximate surface area is 194 Å². The van der Waals surface area contributed by atoms with Crippen LogP contribution in [0.5, 0.6) is 0 Å². The molecule has 0 aliphatic heterocycles. The van der Waals surface area contributed by atoms with E-state index in [1.165, 1.54) is 25.1 Å². The van der Waals surface area contributed by atoms with Crippen LogP contribution in [0.25, 0.3) is 0 Å². The molecule has 5 N–H and O–H groups in total. The standard InChI is InChI=1S/C21H22F2N6O4S/c1-11-4-5-16(15(22)8-11)27-18-12(2)21(31)29(10-14(18)19(24)30)9-13-6-7-26-20(17(13)23)28-34(32,33)25-3/h4-8,10,25,27H,9H2,1-3H3,(H2,24,30)(H,26,28). The lowest BCUT2D eigenvalue weighted by Crippen LogP contribution is -2.29. The van der Waals surface area contributed by atoms with Gasteiger partial charge in [-0.05, 0) is 37.6 Å². The number of nitrogens with one attached hydrogen (secondary N) is 3. The maximum absolute atomic E-state index is 14.9. The summed E-state index contributed by atoms with van der Waals surface area (Å²) in [4.78, 5) is 28.8. The number of carbonyl (C=O) groups is 1. The number of amides is 1. The number of benzene rings is 1. The van der Waals surface area contributed by atoms with Crippen molar-refractivity contribution in [3.8, 4) is 0 Å². The second-order valence-corrected chi connectivity index (χ2v) is 9.01. The van der Waals surface area contributed by atoms with E-state index in [9.17, 15) is 26.8 Å². The van der Waals surface area contributed by atoms with Crippen LogP contribution < -0.4 is 26.1 Å². The van der Waals surface area contributed by atoms with E-state index in [0.29, 0.717) is 5.56 Å². The first-order valence-electron chi connectivity index (χ1n) is 9.85. The zero-order valence-electron chi connectivity index (χ0n) is 18.4. The molecule has 0 saturated carbocycles. The highest BCUT2D eigenvalue weighted by atomic mass is 32.2. The fourth-order valence-electron chi connectivity index (χ4n) is 3.16. The smallest absolute Gasteiger partial charge is 0.300 e. The summed E-state index contributed by atoms with van der Waals surface area (Å²) in [7, 11) is -2.90. The predicted octanol–water partition coefficient (Wildman–Crippen LogP) is 1.91. The first-order chi connectivity index (χ1) is 15.9. The minimum atomic E-state index is -4.03. The van der Waals surface area contributed by atoms with Gasteiger partial charge in [-0.1, -0.05) is 6.07 Å². The zero-order chi connectivity index (χ0) is 25.2. The first-order valence-corrected chi connectivity index (χ1v) is 11.3. The van der Waals surface area contributed by atoms with Gasteiger partial charge in [-0.3, -0.25) is 14.3 Å². The van der Waals surface area contributed by atoms with Gasteiger partial charge in [0.2, 0.25) is 0 Å². The number of nitrogens with two attached hydrogens (primary N) is 1. The monoisotopic (exact) mass is 492 g/mol. The van der Waals surface area contributed by atoms with E-state index in [1.54, 1.807) is 13.0 Å². The third kappa shape index (κ3) is 5.21. The number of hydrogen-bond acceptors (Lipinski definition) is 6. The topological polar surface area (TPSA) is 148 Å². The molecule has 1 aromatic carbocycles. The summed E-state index contributed by atoms with van der Waals surface area (Å²) in [6, 6.07) is 5.65. The average Bonchev–Trinajstić information content (AvgIpc) is 2.77. The lowest BCUT2D eigenvalue weighted by atomic mass is 10.1. The summed E-state index contributed by atoms with van der Waals surface area (Å²) in [5.74, 6) is -3.06. The van der Waals surface area contributed by atoms with Gasteiger partial charge in [-0.25, -0.2) is 18.5 Å². The molecular weight excluding hydrogens is 470 g/mol.